The Balaban J connectivity index is 1.97. The second-order valence-corrected chi connectivity index (χ2v) is 8.07. The molecule has 1 aromatic heterocycles. The minimum atomic E-state index is 0.138. The van der Waals surface area contributed by atoms with Crippen LogP contribution in [0.15, 0.2) is 34.9 Å². The van der Waals surface area contributed by atoms with Crippen molar-refractivity contribution in [3.05, 3.63) is 50.4 Å². The monoisotopic (exact) mass is 352 g/mol. The molecule has 20 heavy (non-hydrogen) atoms. The lowest BCUT2D eigenvalue weighted by molar-refractivity contribution is 0.578. The Morgan fingerprint density at radius 1 is 1.35 bits per heavy atom. The van der Waals surface area contributed by atoms with E-state index < -0.39 is 0 Å². The number of hydrogen-bond donors (Lipinski definition) is 1. The van der Waals surface area contributed by atoms with E-state index in [-0.39, 0.29) is 5.41 Å². The molecular weight excluding hydrogens is 332 g/mol. The average Bonchev–Trinajstić information content (AvgIpc) is 2.84. The maximum absolute atomic E-state index is 4.52. The quantitative estimate of drug-likeness (QED) is 0.832. The van der Waals surface area contributed by atoms with E-state index in [0.717, 1.165) is 11.0 Å². The summed E-state index contributed by atoms with van der Waals surface area (Å²) in [4.78, 5) is 5.81. The molecular formula is C16H21BrN2S. The minimum Gasteiger partial charge on any atom is -0.305 e. The second-order valence-electron chi connectivity index (χ2n) is 6.04. The fraction of sp³-hybridized carbons (Fsp3) is 0.438. The van der Waals surface area contributed by atoms with Gasteiger partial charge >= 0.3 is 0 Å². The van der Waals surface area contributed by atoms with Crippen molar-refractivity contribution in [3.8, 4) is 0 Å². The lowest BCUT2D eigenvalue weighted by Crippen LogP contribution is -2.17. The molecule has 2 rings (SSSR count). The van der Waals surface area contributed by atoms with Crippen molar-refractivity contribution in [1.29, 1.82) is 0 Å². The van der Waals surface area contributed by atoms with E-state index in [1.807, 2.05) is 6.20 Å². The van der Waals surface area contributed by atoms with E-state index in [9.17, 15) is 0 Å². The zero-order chi connectivity index (χ0) is 14.8. The van der Waals surface area contributed by atoms with Gasteiger partial charge in [-0.1, -0.05) is 48.8 Å². The van der Waals surface area contributed by atoms with Gasteiger partial charge in [-0.15, -0.1) is 11.3 Å². The lowest BCUT2D eigenvalue weighted by Gasteiger charge is -2.14. The summed E-state index contributed by atoms with van der Waals surface area (Å²) in [5.41, 5.74) is 1.43. The van der Waals surface area contributed by atoms with Crippen LogP contribution >= 0.6 is 27.3 Å². The molecule has 0 aliphatic carbocycles. The number of hydrogen-bond acceptors (Lipinski definition) is 3. The van der Waals surface area contributed by atoms with Crippen LogP contribution in [0.5, 0.6) is 0 Å². The SMILES string of the molecule is C[C@H](NCc1cnc(C(C)(C)C)s1)c1cccc(Br)c1. The zero-order valence-electron chi connectivity index (χ0n) is 12.4. The zero-order valence-corrected chi connectivity index (χ0v) is 14.8. The van der Waals surface area contributed by atoms with Crippen molar-refractivity contribution in [2.24, 2.45) is 0 Å². The van der Waals surface area contributed by atoms with Crippen LogP contribution in [0.25, 0.3) is 0 Å². The first-order valence-electron chi connectivity index (χ1n) is 6.80. The predicted molar refractivity (Wildman–Crippen MR) is 90.2 cm³/mol. The van der Waals surface area contributed by atoms with Crippen molar-refractivity contribution >= 4 is 27.3 Å². The third-order valence-corrected chi connectivity index (χ3v) is 5.04. The molecule has 0 saturated carbocycles. The van der Waals surface area contributed by atoms with Crippen LogP contribution in [0.3, 0.4) is 0 Å². The van der Waals surface area contributed by atoms with Gasteiger partial charge in [0.05, 0.1) is 5.01 Å². The van der Waals surface area contributed by atoms with Crippen molar-refractivity contribution < 1.29 is 0 Å². The molecule has 1 atom stereocenters. The van der Waals surface area contributed by atoms with Crippen LogP contribution in [0.1, 0.15) is 49.2 Å². The van der Waals surface area contributed by atoms with E-state index in [0.29, 0.717) is 6.04 Å². The van der Waals surface area contributed by atoms with Gasteiger partial charge in [0.1, 0.15) is 0 Å². The summed E-state index contributed by atoms with van der Waals surface area (Å²) in [6.07, 6.45) is 1.99. The van der Waals surface area contributed by atoms with Crippen LogP contribution < -0.4 is 5.32 Å². The predicted octanol–water partition coefficient (Wildman–Crippen LogP) is 5.05. The maximum Gasteiger partial charge on any atom is 0.0981 e. The molecule has 0 saturated heterocycles. The molecule has 0 bridgehead atoms. The lowest BCUT2D eigenvalue weighted by atomic mass is 9.98. The topological polar surface area (TPSA) is 24.9 Å². The summed E-state index contributed by atoms with van der Waals surface area (Å²) >= 11 is 5.31. The van der Waals surface area contributed by atoms with E-state index in [1.165, 1.54) is 15.4 Å². The highest BCUT2D eigenvalue weighted by atomic mass is 79.9. The first kappa shape index (κ1) is 15.7. The molecule has 0 spiro atoms. The fourth-order valence-corrected chi connectivity index (χ4v) is 3.22. The number of thiazole rings is 1. The van der Waals surface area contributed by atoms with Gasteiger partial charge in [-0.05, 0) is 24.6 Å². The molecule has 4 heteroatoms. The minimum absolute atomic E-state index is 0.138. The van der Waals surface area contributed by atoms with Gasteiger partial charge < -0.3 is 5.32 Å². The van der Waals surface area contributed by atoms with Crippen LogP contribution in [-0.4, -0.2) is 4.98 Å². The molecule has 0 unspecified atom stereocenters. The normalized spacial score (nSPS) is 13.4. The van der Waals surface area contributed by atoms with E-state index >= 15 is 0 Å². The van der Waals surface area contributed by atoms with Crippen molar-refractivity contribution in [1.82, 2.24) is 10.3 Å². The molecule has 2 nitrogen and oxygen atoms in total. The number of nitrogens with zero attached hydrogens (tertiary/aromatic N) is 1. The Hall–Kier alpha value is -0.710. The average molecular weight is 353 g/mol. The van der Waals surface area contributed by atoms with Crippen LogP contribution in [-0.2, 0) is 12.0 Å². The first-order chi connectivity index (χ1) is 9.36. The van der Waals surface area contributed by atoms with E-state index in [2.05, 4.69) is 78.2 Å². The highest BCUT2D eigenvalue weighted by Gasteiger charge is 2.18. The summed E-state index contributed by atoms with van der Waals surface area (Å²) < 4.78 is 1.12. The molecule has 1 heterocycles. The largest absolute Gasteiger partial charge is 0.305 e. The van der Waals surface area contributed by atoms with Gasteiger partial charge in [-0.25, -0.2) is 4.98 Å². The van der Waals surface area contributed by atoms with Gasteiger partial charge in [0.2, 0.25) is 0 Å². The summed E-state index contributed by atoms with van der Waals surface area (Å²) in [6, 6.07) is 8.75. The molecule has 2 aromatic rings. The van der Waals surface area contributed by atoms with E-state index in [4.69, 9.17) is 0 Å². The third kappa shape index (κ3) is 4.14. The standard InChI is InChI=1S/C16H21BrN2S/c1-11(12-6-5-7-13(17)8-12)18-9-14-10-19-15(20-14)16(2,3)4/h5-8,10-11,18H,9H2,1-4H3/t11-/m0/s1. The summed E-state index contributed by atoms with van der Waals surface area (Å²) in [5.74, 6) is 0. The fourth-order valence-electron chi connectivity index (χ4n) is 1.88. The molecule has 0 fully saturated rings. The van der Waals surface area contributed by atoms with Crippen molar-refractivity contribution in [2.45, 2.75) is 45.7 Å². The Morgan fingerprint density at radius 3 is 2.70 bits per heavy atom. The van der Waals surface area contributed by atoms with Gasteiger partial charge in [0.15, 0.2) is 0 Å². The maximum atomic E-state index is 4.52. The van der Waals surface area contributed by atoms with Crippen molar-refractivity contribution in [3.63, 3.8) is 0 Å². The molecule has 0 aliphatic heterocycles. The highest BCUT2D eigenvalue weighted by molar-refractivity contribution is 9.10. The second kappa shape index (κ2) is 6.37. The summed E-state index contributed by atoms with van der Waals surface area (Å²) in [5, 5.41) is 4.76. The van der Waals surface area contributed by atoms with Crippen LogP contribution in [0.2, 0.25) is 0 Å². The van der Waals surface area contributed by atoms with Crippen LogP contribution in [0, 0.1) is 0 Å². The smallest absolute Gasteiger partial charge is 0.0981 e. The Labute approximate surface area is 133 Å². The Morgan fingerprint density at radius 2 is 2.10 bits per heavy atom. The Bertz CT molecular complexity index is 572. The third-order valence-electron chi connectivity index (χ3n) is 3.13. The molecule has 1 N–H and O–H groups in total. The summed E-state index contributed by atoms with van der Waals surface area (Å²) in [6.45, 7) is 9.66. The number of benzene rings is 1. The Kier molecular flexibility index (Phi) is 4.99. The number of aromatic nitrogens is 1. The molecule has 0 aliphatic rings. The van der Waals surface area contributed by atoms with Gasteiger partial charge in [0.25, 0.3) is 0 Å². The summed E-state index contributed by atoms with van der Waals surface area (Å²) in [7, 11) is 0. The first-order valence-corrected chi connectivity index (χ1v) is 8.41. The number of nitrogens with one attached hydrogen (secondary N) is 1. The molecule has 1 aromatic carbocycles. The van der Waals surface area contributed by atoms with Gasteiger partial charge in [-0.3, -0.25) is 0 Å². The van der Waals surface area contributed by atoms with E-state index in [1.54, 1.807) is 11.3 Å². The van der Waals surface area contributed by atoms with Gasteiger partial charge in [-0.2, -0.15) is 0 Å². The van der Waals surface area contributed by atoms with Gasteiger partial charge in [0, 0.05) is 33.5 Å². The molecule has 108 valence electrons. The van der Waals surface area contributed by atoms with Crippen LogP contribution in [0.4, 0.5) is 0 Å². The molecule has 0 amide bonds. The number of rotatable bonds is 4. The van der Waals surface area contributed by atoms with Crippen molar-refractivity contribution in [2.75, 3.05) is 0 Å². The highest BCUT2D eigenvalue weighted by Crippen LogP contribution is 2.27. The molecule has 0 radical (unpaired) electrons. The number of halogens is 1.